The fourth-order valence-electron chi connectivity index (χ4n) is 3.11. The average molecular weight is 375 g/mol. The second-order valence-electron chi connectivity index (χ2n) is 6.38. The van der Waals surface area contributed by atoms with Gasteiger partial charge in [0.15, 0.2) is 17.3 Å². The molecule has 1 aliphatic rings. The Hall–Kier alpha value is -2.33. The molecule has 2 aromatic rings. The second-order valence-corrected chi connectivity index (χ2v) is 6.86. The first-order chi connectivity index (χ1) is 12.5. The van der Waals surface area contributed by atoms with E-state index >= 15 is 0 Å². The predicted octanol–water partition coefficient (Wildman–Crippen LogP) is 5.23. The molecule has 0 amide bonds. The van der Waals surface area contributed by atoms with Crippen molar-refractivity contribution in [2.75, 3.05) is 7.11 Å². The zero-order valence-corrected chi connectivity index (χ0v) is 15.4. The van der Waals surface area contributed by atoms with Gasteiger partial charge in [0, 0.05) is 23.3 Å². The van der Waals surface area contributed by atoms with Gasteiger partial charge >= 0.3 is 0 Å². The number of hydrogen-bond donors (Lipinski definition) is 0. The maximum absolute atomic E-state index is 14.7. The summed E-state index contributed by atoms with van der Waals surface area (Å²) in [6.45, 7) is 2.06. The van der Waals surface area contributed by atoms with Crippen molar-refractivity contribution in [1.29, 1.82) is 0 Å². The fourth-order valence-corrected chi connectivity index (χ4v) is 3.38. The van der Waals surface area contributed by atoms with Crippen molar-refractivity contribution in [2.24, 2.45) is 5.92 Å². The van der Waals surface area contributed by atoms with Crippen LogP contribution in [-0.4, -0.2) is 12.9 Å². The van der Waals surface area contributed by atoms with Gasteiger partial charge in [0.2, 0.25) is 0 Å². The molecule has 0 aliphatic heterocycles. The number of benzene rings is 2. The van der Waals surface area contributed by atoms with Gasteiger partial charge < -0.3 is 9.47 Å². The fraction of sp³-hybridized carbons (Fsp3) is 0.286. The Bertz CT molecular complexity index is 833. The van der Waals surface area contributed by atoms with Gasteiger partial charge in [-0.05, 0) is 23.3 Å². The van der Waals surface area contributed by atoms with Crippen LogP contribution in [0.1, 0.15) is 30.4 Å². The van der Waals surface area contributed by atoms with Crippen molar-refractivity contribution in [3.05, 3.63) is 70.5 Å². The summed E-state index contributed by atoms with van der Waals surface area (Å²) in [6.07, 6.45) is 2.05. The highest BCUT2D eigenvalue weighted by molar-refractivity contribution is 6.31. The molecule has 0 N–H and O–H groups in total. The Morgan fingerprint density at radius 1 is 1.23 bits per heavy atom. The van der Waals surface area contributed by atoms with Gasteiger partial charge in [-0.15, -0.1) is 0 Å². The highest BCUT2D eigenvalue weighted by Crippen LogP contribution is 2.40. The van der Waals surface area contributed by atoms with Crippen LogP contribution in [0.4, 0.5) is 4.39 Å². The third kappa shape index (κ3) is 3.91. The Balaban J connectivity index is 1.90. The van der Waals surface area contributed by atoms with E-state index < -0.39 is 5.82 Å². The lowest BCUT2D eigenvalue weighted by atomic mass is 9.79. The third-order valence-electron chi connectivity index (χ3n) is 4.61. The van der Waals surface area contributed by atoms with E-state index in [0.717, 1.165) is 5.56 Å². The van der Waals surface area contributed by atoms with Gasteiger partial charge in [-0.2, -0.15) is 0 Å². The molecule has 136 valence electrons. The minimum absolute atomic E-state index is 0.0475. The summed E-state index contributed by atoms with van der Waals surface area (Å²) in [6, 6.07) is 12.6. The van der Waals surface area contributed by atoms with E-state index in [9.17, 15) is 9.18 Å². The molecular weight excluding hydrogens is 355 g/mol. The largest absolute Gasteiger partial charge is 0.493 e. The molecule has 0 fully saturated rings. The quantitative estimate of drug-likeness (QED) is 0.719. The van der Waals surface area contributed by atoms with Crippen molar-refractivity contribution in [3.63, 3.8) is 0 Å². The number of rotatable bonds is 5. The number of ketones is 1. The molecule has 2 atom stereocenters. The first-order valence-electron chi connectivity index (χ1n) is 8.42. The Morgan fingerprint density at radius 2 is 1.96 bits per heavy atom. The molecule has 0 saturated carbocycles. The molecule has 3 nitrogen and oxygen atoms in total. The first-order valence-corrected chi connectivity index (χ1v) is 8.80. The van der Waals surface area contributed by atoms with Gasteiger partial charge in [-0.25, -0.2) is 4.39 Å². The van der Waals surface area contributed by atoms with Crippen LogP contribution in [-0.2, 0) is 11.4 Å². The molecule has 0 heterocycles. The monoisotopic (exact) mass is 374 g/mol. The van der Waals surface area contributed by atoms with Crippen molar-refractivity contribution in [1.82, 2.24) is 0 Å². The summed E-state index contributed by atoms with van der Waals surface area (Å²) in [7, 11) is 1.46. The van der Waals surface area contributed by atoms with Gasteiger partial charge in [-0.1, -0.05) is 54.9 Å². The number of carbonyl (C=O) groups excluding carboxylic acids is 1. The standard InChI is InChI=1S/C21H20ClFO3/c1-13-17(10-16(22)11-19(13)24)15-8-18(23)21(20(9-15)25-2)26-12-14-6-4-3-5-7-14/h3-10,13,17H,11-12H2,1-2H3. The molecule has 0 radical (unpaired) electrons. The minimum atomic E-state index is -0.523. The average Bonchev–Trinajstić information content (AvgIpc) is 2.64. The molecular formula is C21H20ClFO3. The number of allylic oxidation sites excluding steroid dienone is 2. The van der Waals surface area contributed by atoms with Gasteiger partial charge in [0.25, 0.3) is 0 Å². The van der Waals surface area contributed by atoms with Crippen LogP contribution in [0.15, 0.2) is 53.6 Å². The third-order valence-corrected chi connectivity index (χ3v) is 4.87. The van der Waals surface area contributed by atoms with Crippen LogP contribution in [0.3, 0.4) is 0 Å². The van der Waals surface area contributed by atoms with Gasteiger partial charge in [0.1, 0.15) is 12.4 Å². The number of hydrogen-bond acceptors (Lipinski definition) is 3. The topological polar surface area (TPSA) is 35.5 Å². The SMILES string of the molecule is COc1cc(C2C=C(Cl)CC(=O)C2C)cc(F)c1OCc1ccccc1. The smallest absolute Gasteiger partial charge is 0.197 e. The maximum atomic E-state index is 14.7. The number of methoxy groups -OCH3 is 1. The normalized spacial score (nSPS) is 19.8. The molecule has 0 saturated heterocycles. The van der Waals surface area contributed by atoms with E-state index in [2.05, 4.69) is 0 Å². The second kappa shape index (κ2) is 7.92. The number of ether oxygens (including phenoxy) is 2. The Kier molecular flexibility index (Phi) is 5.62. The summed E-state index contributed by atoms with van der Waals surface area (Å²) >= 11 is 6.07. The highest BCUT2D eigenvalue weighted by Gasteiger charge is 2.30. The molecule has 0 spiro atoms. The summed E-state index contributed by atoms with van der Waals surface area (Å²) in [5.41, 5.74) is 1.57. The molecule has 3 rings (SSSR count). The number of halogens is 2. The number of Topliss-reactive ketones (excluding diaryl/α,β-unsaturated/α-hetero) is 1. The zero-order chi connectivity index (χ0) is 18.7. The van der Waals surface area contributed by atoms with E-state index in [-0.39, 0.29) is 36.4 Å². The van der Waals surface area contributed by atoms with Crippen LogP contribution in [0.5, 0.6) is 11.5 Å². The van der Waals surface area contributed by atoms with Crippen LogP contribution >= 0.6 is 11.6 Å². The van der Waals surface area contributed by atoms with E-state index in [1.165, 1.54) is 13.2 Å². The van der Waals surface area contributed by atoms with Crippen LogP contribution in [0.2, 0.25) is 0 Å². The van der Waals surface area contributed by atoms with Crippen molar-refractivity contribution < 1.29 is 18.7 Å². The molecule has 0 aromatic heterocycles. The van der Waals surface area contributed by atoms with Gasteiger partial charge in [0.05, 0.1) is 7.11 Å². The van der Waals surface area contributed by atoms with Crippen LogP contribution in [0.25, 0.3) is 0 Å². The van der Waals surface area contributed by atoms with E-state index in [1.54, 1.807) is 6.07 Å². The zero-order valence-electron chi connectivity index (χ0n) is 14.7. The summed E-state index contributed by atoms with van der Waals surface area (Å²) < 4.78 is 25.7. The van der Waals surface area contributed by atoms with Crippen molar-refractivity contribution >= 4 is 17.4 Å². The summed E-state index contributed by atoms with van der Waals surface area (Å²) in [5, 5.41) is 0.488. The van der Waals surface area contributed by atoms with E-state index in [0.29, 0.717) is 16.3 Å². The molecule has 26 heavy (non-hydrogen) atoms. The molecule has 2 unspecified atom stereocenters. The van der Waals surface area contributed by atoms with E-state index in [4.69, 9.17) is 21.1 Å². The van der Waals surface area contributed by atoms with Crippen LogP contribution < -0.4 is 9.47 Å². The van der Waals surface area contributed by atoms with Crippen LogP contribution in [0, 0.1) is 11.7 Å². The van der Waals surface area contributed by atoms with Crippen molar-refractivity contribution in [3.8, 4) is 11.5 Å². The highest BCUT2D eigenvalue weighted by atomic mass is 35.5. The lowest BCUT2D eigenvalue weighted by Gasteiger charge is -2.26. The molecule has 0 bridgehead atoms. The van der Waals surface area contributed by atoms with E-state index in [1.807, 2.05) is 43.3 Å². The lowest BCUT2D eigenvalue weighted by molar-refractivity contribution is -0.122. The number of carbonyl (C=O) groups is 1. The molecule has 5 heteroatoms. The van der Waals surface area contributed by atoms with Gasteiger partial charge in [-0.3, -0.25) is 4.79 Å². The Morgan fingerprint density at radius 3 is 2.65 bits per heavy atom. The van der Waals surface area contributed by atoms with Crippen molar-refractivity contribution in [2.45, 2.75) is 25.9 Å². The minimum Gasteiger partial charge on any atom is -0.493 e. The predicted molar refractivity (Wildman–Crippen MR) is 99.2 cm³/mol. The summed E-state index contributed by atoms with van der Waals surface area (Å²) in [4.78, 5) is 12.1. The lowest BCUT2D eigenvalue weighted by Crippen LogP contribution is -2.22. The maximum Gasteiger partial charge on any atom is 0.197 e. The summed E-state index contributed by atoms with van der Waals surface area (Å²) in [5.74, 6) is -0.667. The first kappa shape index (κ1) is 18.5. The molecule has 1 aliphatic carbocycles. The Labute approximate surface area is 157 Å². The molecule has 2 aromatic carbocycles.